The van der Waals surface area contributed by atoms with Crippen molar-refractivity contribution in [2.24, 2.45) is 0 Å². The number of amides is 1. The summed E-state index contributed by atoms with van der Waals surface area (Å²) < 4.78 is 13.2. The SMILES string of the molecule is Cc1cc(=O)[nH]c(N2CCC(NC(=O)CCc3ccc(F)c(Cl)c3)CC2)n1. The normalized spacial score (nSPS) is 15.0. The highest BCUT2D eigenvalue weighted by Gasteiger charge is 2.22. The van der Waals surface area contributed by atoms with Gasteiger partial charge in [-0.1, -0.05) is 17.7 Å². The van der Waals surface area contributed by atoms with Crippen LogP contribution in [0.15, 0.2) is 29.1 Å². The molecule has 0 unspecified atom stereocenters. The fourth-order valence-electron chi connectivity index (χ4n) is 3.20. The van der Waals surface area contributed by atoms with Crippen LogP contribution in [-0.4, -0.2) is 35.0 Å². The molecule has 144 valence electrons. The fraction of sp³-hybridized carbons (Fsp3) is 0.421. The van der Waals surface area contributed by atoms with Crippen molar-refractivity contribution in [1.82, 2.24) is 15.3 Å². The van der Waals surface area contributed by atoms with Crippen LogP contribution in [0.1, 0.15) is 30.5 Å². The van der Waals surface area contributed by atoms with Gasteiger partial charge in [-0.3, -0.25) is 14.6 Å². The summed E-state index contributed by atoms with van der Waals surface area (Å²) in [6.07, 6.45) is 2.41. The van der Waals surface area contributed by atoms with Crippen molar-refractivity contribution in [2.45, 2.75) is 38.6 Å². The number of anilines is 1. The van der Waals surface area contributed by atoms with E-state index in [0.717, 1.165) is 18.4 Å². The summed E-state index contributed by atoms with van der Waals surface area (Å²) in [6.45, 7) is 3.22. The molecule has 8 heteroatoms. The van der Waals surface area contributed by atoms with E-state index >= 15 is 0 Å². The van der Waals surface area contributed by atoms with Gasteiger partial charge in [0.2, 0.25) is 11.9 Å². The summed E-state index contributed by atoms with van der Waals surface area (Å²) in [7, 11) is 0. The second kappa shape index (κ2) is 8.52. The molecule has 1 fully saturated rings. The Kier molecular flexibility index (Phi) is 6.11. The predicted octanol–water partition coefficient (Wildman–Crippen LogP) is 2.59. The van der Waals surface area contributed by atoms with E-state index < -0.39 is 5.82 Å². The molecule has 2 N–H and O–H groups in total. The number of aryl methyl sites for hydroxylation is 2. The zero-order valence-electron chi connectivity index (χ0n) is 15.1. The van der Waals surface area contributed by atoms with E-state index in [1.54, 1.807) is 19.1 Å². The first-order valence-corrected chi connectivity index (χ1v) is 9.35. The Hall–Kier alpha value is -2.41. The average molecular weight is 393 g/mol. The number of aromatic nitrogens is 2. The van der Waals surface area contributed by atoms with Gasteiger partial charge in [0.25, 0.3) is 5.56 Å². The fourth-order valence-corrected chi connectivity index (χ4v) is 3.40. The second-order valence-corrected chi connectivity index (χ2v) is 7.19. The van der Waals surface area contributed by atoms with Gasteiger partial charge in [-0.05, 0) is 43.9 Å². The second-order valence-electron chi connectivity index (χ2n) is 6.79. The van der Waals surface area contributed by atoms with Crippen LogP contribution in [0.2, 0.25) is 5.02 Å². The van der Waals surface area contributed by atoms with Crippen molar-refractivity contribution in [2.75, 3.05) is 18.0 Å². The zero-order valence-corrected chi connectivity index (χ0v) is 15.9. The first-order chi connectivity index (χ1) is 12.9. The molecule has 0 aliphatic carbocycles. The molecule has 0 radical (unpaired) electrons. The molecular weight excluding hydrogens is 371 g/mol. The Bertz CT molecular complexity index is 878. The predicted molar refractivity (Wildman–Crippen MR) is 103 cm³/mol. The van der Waals surface area contributed by atoms with Crippen LogP contribution in [0.5, 0.6) is 0 Å². The van der Waals surface area contributed by atoms with E-state index in [1.165, 1.54) is 12.1 Å². The first kappa shape index (κ1) is 19.4. The zero-order chi connectivity index (χ0) is 19.4. The Morgan fingerprint density at radius 3 is 2.78 bits per heavy atom. The summed E-state index contributed by atoms with van der Waals surface area (Å²) in [6, 6.07) is 6.07. The van der Waals surface area contributed by atoms with Crippen LogP contribution < -0.4 is 15.8 Å². The number of nitrogens with one attached hydrogen (secondary N) is 2. The number of carbonyl (C=O) groups excluding carboxylic acids is 1. The van der Waals surface area contributed by atoms with E-state index in [0.29, 0.717) is 37.6 Å². The van der Waals surface area contributed by atoms with Crippen LogP contribution in [-0.2, 0) is 11.2 Å². The third-order valence-corrected chi connectivity index (χ3v) is 4.93. The summed E-state index contributed by atoms with van der Waals surface area (Å²) in [5.41, 5.74) is 1.36. The number of nitrogens with zero attached hydrogens (tertiary/aromatic N) is 2. The van der Waals surface area contributed by atoms with Gasteiger partial charge in [-0.25, -0.2) is 9.37 Å². The summed E-state index contributed by atoms with van der Waals surface area (Å²) >= 11 is 5.76. The molecule has 0 bridgehead atoms. The third-order valence-electron chi connectivity index (χ3n) is 4.64. The molecule has 0 spiro atoms. The van der Waals surface area contributed by atoms with Crippen molar-refractivity contribution in [3.63, 3.8) is 0 Å². The smallest absolute Gasteiger partial charge is 0.252 e. The van der Waals surface area contributed by atoms with Gasteiger partial charge in [-0.15, -0.1) is 0 Å². The largest absolute Gasteiger partial charge is 0.353 e. The topological polar surface area (TPSA) is 78.1 Å². The number of hydrogen-bond donors (Lipinski definition) is 2. The number of benzene rings is 1. The molecule has 0 saturated carbocycles. The lowest BCUT2D eigenvalue weighted by molar-refractivity contribution is -0.121. The number of carbonyl (C=O) groups is 1. The van der Waals surface area contributed by atoms with Gasteiger partial charge in [-0.2, -0.15) is 0 Å². The van der Waals surface area contributed by atoms with E-state index in [1.807, 2.05) is 4.90 Å². The first-order valence-electron chi connectivity index (χ1n) is 8.97. The van der Waals surface area contributed by atoms with Crippen LogP contribution in [0.3, 0.4) is 0 Å². The molecule has 0 atom stereocenters. The maximum absolute atomic E-state index is 13.2. The quantitative estimate of drug-likeness (QED) is 0.819. The Labute approximate surface area is 161 Å². The van der Waals surface area contributed by atoms with Gasteiger partial charge in [0, 0.05) is 37.3 Å². The molecule has 1 aliphatic rings. The minimum absolute atomic E-state index is 0.0315. The molecule has 3 rings (SSSR count). The van der Waals surface area contributed by atoms with E-state index in [4.69, 9.17) is 11.6 Å². The monoisotopic (exact) mass is 392 g/mol. The van der Waals surface area contributed by atoms with Gasteiger partial charge >= 0.3 is 0 Å². The minimum atomic E-state index is -0.457. The molecule has 6 nitrogen and oxygen atoms in total. The van der Waals surface area contributed by atoms with Crippen molar-refractivity contribution in [1.29, 1.82) is 0 Å². The summed E-state index contributed by atoms with van der Waals surface area (Å²) in [4.78, 5) is 32.9. The molecule has 1 aromatic carbocycles. The highest BCUT2D eigenvalue weighted by molar-refractivity contribution is 6.30. The number of H-pyrrole nitrogens is 1. The Morgan fingerprint density at radius 1 is 1.37 bits per heavy atom. The molecule has 1 amide bonds. The van der Waals surface area contributed by atoms with Crippen LogP contribution in [0.25, 0.3) is 0 Å². The highest BCUT2D eigenvalue weighted by atomic mass is 35.5. The maximum atomic E-state index is 13.2. The minimum Gasteiger partial charge on any atom is -0.353 e. The summed E-state index contributed by atoms with van der Waals surface area (Å²) in [5, 5.41) is 3.12. The van der Waals surface area contributed by atoms with Gasteiger partial charge in [0.15, 0.2) is 0 Å². The standard InChI is InChI=1S/C19H22ClFN4O2/c1-12-10-18(27)24-19(22-12)25-8-6-14(7-9-25)23-17(26)5-3-13-2-4-16(21)15(20)11-13/h2,4,10-11,14H,3,5-9H2,1H3,(H,23,26)(H,22,24,27). The Morgan fingerprint density at radius 2 is 2.11 bits per heavy atom. The van der Waals surface area contributed by atoms with Crippen LogP contribution in [0.4, 0.5) is 10.3 Å². The lowest BCUT2D eigenvalue weighted by Crippen LogP contribution is -2.45. The number of hydrogen-bond acceptors (Lipinski definition) is 4. The molecule has 27 heavy (non-hydrogen) atoms. The lowest BCUT2D eigenvalue weighted by Gasteiger charge is -2.32. The van der Waals surface area contributed by atoms with E-state index in [2.05, 4.69) is 15.3 Å². The number of rotatable bonds is 5. The van der Waals surface area contributed by atoms with Crippen LogP contribution >= 0.6 is 11.6 Å². The molecule has 2 heterocycles. The molecule has 2 aromatic rings. The van der Waals surface area contributed by atoms with Crippen molar-refractivity contribution >= 4 is 23.5 Å². The molecule has 1 saturated heterocycles. The summed E-state index contributed by atoms with van der Waals surface area (Å²) in [5.74, 6) is 0.0926. The van der Waals surface area contributed by atoms with Gasteiger partial charge in [0.05, 0.1) is 5.02 Å². The average Bonchev–Trinajstić information content (AvgIpc) is 2.62. The number of aromatic amines is 1. The molecule has 1 aliphatic heterocycles. The van der Waals surface area contributed by atoms with Crippen molar-refractivity contribution in [3.8, 4) is 0 Å². The van der Waals surface area contributed by atoms with Crippen molar-refractivity contribution < 1.29 is 9.18 Å². The molecular formula is C19H22ClFN4O2. The van der Waals surface area contributed by atoms with E-state index in [-0.39, 0.29) is 22.5 Å². The molecule has 1 aromatic heterocycles. The van der Waals surface area contributed by atoms with E-state index in [9.17, 15) is 14.0 Å². The number of halogens is 2. The lowest BCUT2D eigenvalue weighted by atomic mass is 10.0. The third kappa shape index (κ3) is 5.29. The van der Waals surface area contributed by atoms with Crippen molar-refractivity contribution in [3.05, 3.63) is 56.7 Å². The van der Waals surface area contributed by atoms with Gasteiger partial charge in [0.1, 0.15) is 5.82 Å². The Balaban J connectivity index is 1.46. The van der Waals surface area contributed by atoms with Gasteiger partial charge < -0.3 is 10.2 Å². The number of piperidine rings is 1. The highest BCUT2D eigenvalue weighted by Crippen LogP contribution is 2.18. The van der Waals surface area contributed by atoms with Crippen LogP contribution in [0, 0.1) is 12.7 Å². The maximum Gasteiger partial charge on any atom is 0.252 e.